The van der Waals surface area contributed by atoms with E-state index in [1.54, 1.807) is 12.1 Å². The first kappa shape index (κ1) is 20.1. The van der Waals surface area contributed by atoms with Gasteiger partial charge in [0.25, 0.3) is 0 Å². The van der Waals surface area contributed by atoms with Crippen LogP contribution in [0.3, 0.4) is 0 Å². The Labute approximate surface area is 155 Å². The molecule has 0 saturated carbocycles. The molecule has 0 N–H and O–H groups in total. The monoisotopic (exact) mass is 379 g/mol. The van der Waals surface area contributed by atoms with Crippen LogP contribution in [0.1, 0.15) is 11.1 Å². The second-order valence-electron chi connectivity index (χ2n) is 6.02. The molecule has 0 radical (unpaired) electrons. The van der Waals surface area contributed by atoms with Gasteiger partial charge in [-0.15, -0.1) is 0 Å². The van der Waals surface area contributed by atoms with Crippen LogP contribution < -0.4 is 14.2 Å². The Balaban J connectivity index is 2.11. The molecule has 0 spiro atoms. The van der Waals surface area contributed by atoms with Gasteiger partial charge in [0.2, 0.25) is 10.0 Å². The normalized spacial score (nSPS) is 11.5. The summed E-state index contributed by atoms with van der Waals surface area (Å²) in [4.78, 5) is 0.0632. The average molecular weight is 379 g/mol. The first-order valence-electron chi connectivity index (χ1n) is 8.17. The highest BCUT2D eigenvalue weighted by Crippen LogP contribution is 2.30. The second kappa shape index (κ2) is 8.42. The maximum atomic E-state index is 12.9. The Hall–Kier alpha value is -2.25. The molecule has 6 nitrogen and oxygen atoms in total. The third-order valence-corrected chi connectivity index (χ3v) is 5.81. The third-order valence-electron chi connectivity index (χ3n) is 3.93. The van der Waals surface area contributed by atoms with E-state index in [1.165, 1.54) is 31.6 Å². The molecule has 0 bridgehead atoms. The molecule has 0 aromatic heterocycles. The molecule has 0 unspecified atom stereocenters. The minimum atomic E-state index is -3.74. The number of benzene rings is 2. The third kappa shape index (κ3) is 4.68. The molecule has 142 valence electrons. The lowest BCUT2D eigenvalue weighted by Crippen LogP contribution is -2.31. The van der Waals surface area contributed by atoms with Crippen molar-refractivity contribution in [3.63, 3.8) is 0 Å². The van der Waals surface area contributed by atoms with Crippen molar-refractivity contribution >= 4 is 10.0 Å². The van der Waals surface area contributed by atoms with E-state index in [4.69, 9.17) is 14.2 Å². The first-order valence-corrected chi connectivity index (χ1v) is 9.61. The van der Waals surface area contributed by atoms with Gasteiger partial charge in [0.15, 0.2) is 0 Å². The van der Waals surface area contributed by atoms with Gasteiger partial charge in [0.05, 0.1) is 14.2 Å². The van der Waals surface area contributed by atoms with Crippen LogP contribution in [0.15, 0.2) is 41.3 Å². The molecule has 0 heterocycles. The molecule has 26 heavy (non-hydrogen) atoms. The van der Waals surface area contributed by atoms with Gasteiger partial charge in [-0.2, -0.15) is 4.31 Å². The van der Waals surface area contributed by atoms with Crippen LogP contribution in [0.25, 0.3) is 0 Å². The van der Waals surface area contributed by atoms with Crippen LogP contribution >= 0.6 is 0 Å². The van der Waals surface area contributed by atoms with Crippen LogP contribution in [0.2, 0.25) is 0 Å². The number of aryl methyl sites for hydroxylation is 2. The zero-order chi connectivity index (χ0) is 19.3. The number of likely N-dealkylation sites (N-methyl/N-ethyl adjacent to an activating group) is 1. The van der Waals surface area contributed by atoms with Crippen LogP contribution in [0, 0.1) is 13.8 Å². The summed E-state index contributed by atoms with van der Waals surface area (Å²) in [6.45, 7) is 4.43. The summed E-state index contributed by atoms with van der Waals surface area (Å²) >= 11 is 0. The summed E-state index contributed by atoms with van der Waals surface area (Å²) in [5, 5.41) is 0. The van der Waals surface area contributed by atoms with Gasteiger partial charge in [-0.25, -0.2) is 8.42 Å². The van der Waals surface area contributed by atoms with E-state index < -0.39 is 10.0 Å². The van der Waals surface area contributed by atoms with Crippen molar-refractivity contribution in [2.75, 3.05) is 34.4 Å². The van der Waals surface area contributed by atoms with Crippen molar-refractivity contribution in [1.29, 1.82) is 0 Å². The number of methoxy groups -OCH3 is 2. The number of hydrogen-bond acceptors (Lipinski definition) is 5. The molecular weight excluding hydrogens is 354 g/mol. The van der Waals surface area contributed by atoms with Crippen LogP contribution in [0.4, 0.5) is 0 Å². The van der Waals surface area contributed by atoms with Gasteiger partial charge in [0, 0.05) is 19.7 Å². The van der Waals surface area contributed by atoms with Gasteiger partial charge in [-0.1, -0.05) is 6.07 Å². The van der Waals surface area contributed by atoms with Gasteiger partial charge < -0.3 is 14.2 Å². The summed E-state index contributed by atoms with van der Waals surface area (Å²) in [5.74, 6) is 1.45. The van der Waals surface area contributed by atoms with Crippen molar-refractivity contribution < 1.29 is 22.6 Å². The largest absolute Gasteiger partial charge is 0.497 e. The van der Waals surface area contributed by atoms with Crippen molar-refractivity contribution in [2.24, 2.45) is 0 Å². The van der Waals surface area contributed by atoms with Gasteiger partial charge in [0.1, 0.15) is 28.8 Å². The quantitative estimate of drug-likeness (QED) is 0.705. The molecule has 0 aliphatic rings. The molecule has 2 rings (SSSR count). The summed E-state index contributed by atoms with van der Waals surface area (Å²) < 4.78 is 43.0. The van der Waals surface area contributed by atoms with E-state index in [2.05, 4.69) is 6.07 Å². The summed E-state index contributed by atoms with van der Waals surface area (Å²) in [5.41, 5.74) is 2.20. The minimum Gasteiger partial charge on any atom is -0.497 e. The van der Waals surface area contributed by atoms with E-state index in [1.807, 2.05) is 26.0 Å². The fourth-order valence-corrected chi connectivity index (χ4v) is 3.90. The standard InChI is InChI=1S/C19H25NO5S/c1-14-10-15(2)12-17(11-14)25-9-8-20(3)26(21,22)19-13-16(23-4)6-7-18(19)24-5/h6-7,10-13H,8-9H2,1-5H3. The van der Waals surface area contributed by atoms with Gasteiger partial charge >= 0.3 is 0 Å². The van der Waals surface area contributed by atoms with Crippen molar-refractivity contribution in [1.82, 2.24) is 4.31 Å². The Morgan fingerprint density at radius 3 is 2.15 bits per heavy atom. The predicted octanol–water partition coefficient (Wildman–Crippen LogP) is 3.02. The number of rotatable bonds is 8. The molecule has 0 aliphatic carbocycles. The number of ether oxygens (including phenoxy) is 3. The topological polar surface area (TPSA) is 65.1 Å². The second-order valence-corrected chi connectivity index (χ2v) is 8.03. The zero-order valence-electron chi connectivity index (χ0n) is 15.8. The lowest BCUT2D eigenvalue weighted by molar-refractivity contribution is 0.286. The van der Waals surface area contributed by atoms with E-state index in [0.717, 1.165) is 16.9 Å². The fraction of sp³-hybridized carbons (Fsp3) is 0.368. The molecule has 0 aliphatic heterocycles. The molecule has 0 saturated heterocycles. The van der Waals surface area contributed by atoms with Gasteiger partial charge in [-0.3, -0.25) is 0 Å². The molecule has 2 aromatic rings. The molecule has 0 atom stereocenters. The predicted molar refractivity (Wildman–Crippen MR) is 101 cm³/mol. The van der Waals surface area contributed by atoms with Crippen LogP contribution in [-0.4, -0.2) is 47.1 Å². The van der Waals surface area contributed by atoms with Crippen molar-refractivity contribution in [3.05, 3.63) is 47.5 Å². The van der Waals surface area contributed by atoms with Crippen LogP contribution in [-0.2, 0) is 10.0 Å². The Kier molecular flexibility index (Phi) is 6.50. The smallest absolute Gasteiger partial charge is 0.246 e. The maximum Gasteiger partial charge on any atom is 0.246 e. The summed E-state index contributed by atoms with van der Waals surface area (Å²) in [6, 6.07) is 10.6. The lowest BCUT2D eigenvalue weighted by atomic mass is 10.1. The number of hydrogen-bond donors (Lipinski definition) is 0. The van der Waals surface area contributed by atoms with E-state index in [9.17, 15) is 8.42 Å². The molecule has 7 heteroatoms. The van der Waals surface area contributed by atoms with Crippen LogP contribution in [0.5, 0.6) is 17.2 Å². The average Bonchev–Trinajstić information content (AvgIpc) is 2.60. The van der Waals surface area contributed by atoms with Gasteiger partial charge in [-0.05, 0) is 49.2 Å². The van der Waals surface area contributed by atoms with E-state index in [-0.39, 0.29) is 23.8 Å². The number of sulfonamides is 1. The lowest BCUT2D eigenvalue weighted by Gasteiger charge is -2.19. The first-order chi connectivity index (χ1) is 12.3. The highest BCUT2D eigenvalue weighted by Gasteiger charge is 2.25. The van der Waals surface area contributed by atoms with E-state index in [0.29, 0.717) is 5.75 Å². The maximum absolute atomic E-state index is 12.9. The Bertz CT molecular complexity index is 844. The Morgan fingerprint density at radius 1 is 0.923 bits per heavy atom. The zero-order valence-corrected chi connectivity index (χ0v) is 16.6. The Morgan fingerprint density at radius 2 is 1.58 bits per heavy atom. The van der Waals surface area contributed by atoms with E-state index >= 15 is 0 Å². The summed E-state index contributed by atoms with van der Waals surface area (Å²) in [7, 11) is 0.696. The minimum absolute atomic E-state index is 0.0632. The highest BCUT2D eigenvalue weighted by molar-refractivity contribution is 7.89. The molecule has 0 amide bonds. The van der Waals surface area contributed by atoms with Crippen molar-refractivity contribution in [2.45, 2.75) is 18.7 Å². The highest BCUT2D eigenvalue weighted by atomic mass is 32.2. The summed E-state index contributed by atoms with van der Waals surface area (Å²) in [6.07, 6.45) is 0. The SMILES string of the molecule is COc1ccc(OC)c(S(=O)(=O)N(C)CCOc2cc(C)cc(C)c2)c1. The molecule has 2 aromatic carbocycles. The fourth-order valence-electron chi connectivity index (χ4n) is 2.58. The molecular formula is C19H25NO5S. The number of nitrogens with zero attached hydrogens (tertiary/aromatic N) is 1. The molecule has 0 fully saturated rings. The van der Waals surface area contributed by atoms with Crippen molar-refractivity contribution in [3.8, 4) is 17.2 Å².